The Morgan fingerprint density at radius 3 is 2.54 bits per heavy atom. The topological polar surface area (TPSA) is 30.0 Å². The number of pyridine rings is 1. The highest BCUT2D eigenvalue weighted by atomic mass is 127. The van der Waals surface area contributed by atoms with Crippen LogP contribution in [0.1, 0.15) is 22.5 Å². The van der Waals surface area contributed by atoms with E-state index in [1.54, 1.807) is 0 Å². The molecule has 0 saturated carbocycles. The van der Waals surface area contributed by atoms with Crippen molar-refractivity contribution in [3.8, 4) is 0 Å². The molecule has 0 aliphatic heterocycles. The Bertz CT molecular complexity index is 320. The molecule has 1 rings (SSSR count). The van der Waals surface area contributed by atoms with E-state index in [4.69, 9.17) is 0 Å². The Labute approximate surface area is 85.3 Å². The zero-order valence-electron chi connectivity index (χ0n) is 6.10. The lowest BCUT2D eigenvalue weighted by atomic mass is 10.2. The normalized spacial score (nSPS) is 10.5. The van der Waals surface area contributed by atoms with Crippen LogP contribution in [0.4, 0.5) is 13.2 Å². The van der Waals surface area contributed by atoms with Gasteiger partial charge in [-0.25, -0.2) is 13.8 Å². The van der Waals surface area contributed by atoms with E-state index in [1.165, 1.54) is 22.6 Å². The van der Waals surface area contributed by atoms with Gasteiger partial charge in [0.25, 0.3) is 6.43 Å². The third kappa shape index (κ3) is 2.17. The highest BCUT2D eigenvalue weighted by Gasteiger charge is 2.19. The molecule has 0 spiro atoms. The van der Waals surface area contributed by atoms with Crippen LogP contribution < -0.4 is 0 Å². The summed E-state index contributed by atoms with van der Waals surface area (Å²) in [5.41, 5.74) is -0.947. The molecule has 1 aromatic rings. The van der Waals surface area contributed by atoms with Crippen molar-refractivity contribution in [2.75, 3.05) is 0 Å². The summed E-state index contributed by atoms with van der Waals surface area (Å²) in [6, 6.07) is 1.11. The minimum atomic E-state index is -2.92. The number of nitrogens with zero attached hydrogens (tertiary/aromatic N) is 1. The average Bonchev–Trinajstić information content (AvgIpc) is 2.02. The summed E-state index contributed by atoms with van der Waals surface area (Å²) in [5.74, 6) is -1.29. The molecule has 0 amide bonds. The first-order valence-corrected chi connectivity index (χ1v) is 4.23. The summed E-state index contributed by atoms with van der Waals surface area (Å²) in [4.78, 5) is 13.2. The number of aldehydes is 1. The van der Waals surface area contributed by atoms with Gasteiger partial charge in [0.15, 0.2) is 6.29 Å². The van der Waals surface area contributed by atoms with E-state index in [9.17, 15) is 18.0 Å². The van der Waals surface area contributed by atoms with Crippen molar-refractivity contribution in [1.82, 2.24) is 4.98 Å². The Balaban J connectivity index is 3.31. The van der Waals surface area contributed by atoms with Gasteiger partial charge in [0.2, 0.25) is 5.95 Å². The maximum absolute atomic E-state index is 12.8. The van der Waals surface area contributed by atoms with Gasteiger partial charge in [-0.1, -0.05) is 0 Å². The predicted octanol–water partition coefficient (Wildman–Crippen LogP) is 2.58. The standard InChI is InChI=1S/C7H3F3INO/c8-6(9)5-4(11)1-3(2-13)12-7(5)10/h1-2,6H. The molecule has 1 aromatic heterocycles. The van der Waals surface area contributed by atoms with Crippen LogP contribution in [-0.2, 0) is 0 Å². The van der Waals surface area contributed by atoms with Crippen molar-refractivity contribution in [2.24, 2.45) is 0 Å². The summed E-state index contributed by atoms with van der Waals surface area (Å²) in [6.45, 7) is 0. The lowest BCUT2D eigenvalue weighted by Crippen LogP contribution is -2.01. The maximum atomic E-state index is 12.8. The first-order chi connectivity index (χ1) is 6.06. The number of rotatable bonds is 2. The molecule has 13 heavy (non-hydrogen) atoms. The van der Waals surface area contributed by atoms with Crippen LogP contribution in [0.15, 0.2) is 6.07 Å². The SMILES string of the molecule is O=Cc1cc(I)c(C(F)F)c(F)n1. The molecular formula is C7H3F3INO. The van der Waals surface area contributed by atoms with Gasteiger partial charge >= 0.3 is 0 Å². The summed E-state index contributed by atoms with van der Waals surface area (Å²) in [5, 5.41) is 0. The lowest BCUT2D eigenvalue weighted by Gasteiger charge is -2.03. The molecule has 0 saturated heterocycles. The van der Waals surface area contributed by atoms with Gasteiger partial charge in [-0.2, -0.15) is 4.39 Å². The Morgan fingerprint density at radius 2 is 2.15 bits per heavy atom. The maximum Gasteiger partial charge on any atom is 0.269 e. The zero-order chi connectivity index (χ0) is 10.0. The van der Waals surface area contributed by atoms with Crippen LogP contribution in [0.5, 0.6) is 0 Å². The number of halogens is 4. The van der Waals surface area contributed by atoms with Crippen molar-refractivity contribution in [2.45, 2.75) is 6.43 Å². The second-order valence-corrected chi connectivity index (χ2v) is 3.31. The summed E-state index contributed by atoms with van der Waals surface area (Å²) in [7, 11) is 0. The van der Waals surface area contributed by atoms with Crippen LogP contribution >= 0.6 is 22.6 Å². The van der Waals surface area contributed by atoms with Crippen molar-refractivity contribution < 1.29 is 18.0 Å². The molecule has 0 radical (unpaired) electrons. The highest BCUT2D eigenvalue weighted by molar-refractivity contribution is 14.1. The van der Waals surface area contributed by atoms with Crippen LogP contribution in [0.3, 0.4) is 0 Å². The molecule has 0 unspecified atom stereocenters. The molecule has 0 aliphatic rings. The Kier molecular flexibility index (Phi) is 3.23. The highest BCUT2D eigenvalue weighted by Crippen LogP contribution is 2.26. The van der Waals surface area contributed by atoms with Crippen LogP contribution in [0, 0.1) is 9.52 Å². The van der Waals surface area contributed by atoms with E-state index in [2.05, 4.69) is 4.98 Å². The van der Waals surface area contributed by atoms with Crippen molar-refractivity contribution in [3.63, 3.8) is 0 Å². The molecule has 0 fully saturated rings. The largest absolute Gasteiger partial charge is 0.296 e. The minimum absolute atomic E-state index is 0.00204. The van der Waals surface area contributed by atoms with E-state index in [1.807, 2.05) is 0 Å². The van der Waals surface area contributed by atoms with Crippen molar-refractivity contribution in [1.29, 1.82) is 0 Å². The summed E-state index contributed by atoms with van der Waals surface area (Å²) < 4.78 is 37.1. The Hall–Kier alpha value is -0.660. The fourth-order valence-corrected chi connectivity index (χ4v) is 1.54. The van der Waals surface area contributed by atoms with Gasteiger partial charge in [0, 0.05) is 3.57 Å². The third-order valence-corrected chi connectivity index (χ3v) is 2.21. The summed E-state index contributed by atoms with van der Waals surface area (Å²) >= 11 is 1.53. The Morgan fingerprint density at radius 1 is 1.54 bits per heavy atom. The quantitative estimate of drug-likeness (QED) is 0.477. The molecule has 0 aromatic carbocycles. The molecule has 70 valence electrons. The van der Waals surface area contributed by atoms with Gasteiger partial charge in [0.1, 0.15) is 5.69 Å². The molecule has 0 aliphatic carbocycles. The molecule has 2 nitrogen and oxygen atoms in total. The number of alkyl halides is 2. The smallest absolute Gasteiger partial charge is 0.269 e. The minimum Gasteiger partial charge on any atom is -0.296 e. The van der Waals surface area contributed by atoms with Crippen LogP contribution in [0.25, 0.3) is 0 Å². The molecule has 1 heterocycles. The fourth-order valence-electron chi connectivity index (χ4n) is 0.767. The first kappa shape index (κ1) is 10.4. The van der Waals surface area contributed by atoms with Crippen LogP contribution in [0.2, 0.25) is 0 Å². The van der Waals surface area contributed by atoms with E-state index < -0.39 is 17.9 Å². The first-order valence-electron chi connectivity index (χ1n) is 3.15. The molecule has 0 atom stereocenters. The molecular weight excluding hydrogens is 298 g/mol. The number of carbonyl (C=O) groups excluding carboxylic acids is 1. The van der Waals surface area contributed by atoms with Gasteiger partial charge in [-0.05, 0) is 28.7 Å². The number of aromatic nitrogens is 1. The summed E-state index contributed by atoms with van der Waals surface area (Å²) in [6.07, 6.45) is -2.61. The van der Waals surface area contributed by atoms with E-state index >= 15 is 0 Å². The van der Waals surface area contributed by atoms with Crippen molar-refractivity contribution in [3.05, 3.63) is 26.8 Å². The second-order valence-electron chi connectivity index (χ2n) is 2.15. The average molecular weight is 301 g/mol. The van der Waals surface area contributed by atoms with E-state index in [-0.39, 0.29) is 9.26 Å². The number of hydrogen-bond donors (Lipinski definition) is 0. The van der Waals surface area contributed by atoms with E-state index in [0.29, 0.717) is 6.29 Å². The monoisotopic (exact) mass is 301 g/mol. The van der Waals surface area contributed by atoms with E-state index in [0.717, 1.165) is 6.07 Å². The fraction of sp³-hybridized carbons (Fsp3) is 0.143. The number of hydrogen-bond acceptors (Lipinski definition) is 2. The second kappa shape index (κ2) is 4.03. The van der Waals surface area contributed by atoms with Gasteiger partial charge in [-0.15, -0.1) is 0 Å². The molecule has 6 heteroatoms. The zero-order valence-corrected chi connectivity index (χ0v) is 8.26. The van der Waals surface area contributed by atoms with Crippen LogP contribution in [-0.4, -0.2) is 11.3 Å². The third-order valence-electron chi connectivity index (χ3n) is 1.32. The van der Waals surface area contributed by atoms with Gasteiger partial charge in [0.05, 0.1) is 5.56 Å². The number of carbonyl (C=O) groups is 1. The lowest BCUT2D eigenvalue weighted by molar-refractivity contribution is 0.111. The molecule has 0 N–H and O–H groups in total. The predicted molar refractivity (Wildman–Crippen MR) is 47.3 cm³/mol. The van der Waals surface area contributed by atoms with Crippen molar-refractivity contribution >= 4 is 28.9 Å². The van der Waals surface area contributed by atoms with Gasteiger partial charge < -0.3 is 0 Å². The van der Waals surface area contributed by atoms with Gasteiger partial charge in [-0.3, -0.25) is 4.79 Å². The molecule has 0 bridgehead atoms.